The van der Waals surface area contributed by atoms with Crippen LogP contribution in [0.2, 0.25) is 0 Å². The van der Waals surface area contributed by atoms with Gasteiger partial charge in [0.05, 0.1) is 18.2 Å². The second-order valence-electron chi connectivity index (χ2n) is 9.17. The lowest BCUT2D eigenvalue weighted by atomic mass is 9.73. The fraction of sp³-hybridized carbons (Fsp3) is 0.333. The monoisotopic (exact) mass is 486 g/mol. The minimum absolute atomic E-state index is 0.0566. The molecular weight excluding hydrogens is 460 g/mol. The second kappa shape index (κ2) is 8.61. The van der Waals surface area contributed by atoms with Crippen molar-refractivity contribution in [3.8, 4) is 22.1 Å². The smallest absolute Gasteiger partial charge is 0.273 e. The van der Waals surface area contributed by atoms with Gasteiger partial charge >= 0.3 is 0 Å². The van der Waals surface area contributed by atoms with Gasteiger partial charge in [-0.1, -0.05) is 12.1 Å². The Labute approximate surface area is 207 Å². The number of hydrogen-bond donors (Lipinski definition) is 1. The van der Waals surface area contributed by atoms with Crippen LogP contribution in [0.25, 0.3) is 10.6 Å². The molecule has 3 aliphatic heterocycles. The Hall–Kier alpha value is -3.52. The van der Waals surface area contributed by atoms with Gasteiger partial charge < -0.3 is 19.8 Å². The van der Waals surface area contributed by atoms with Gasteiger partial charge in [0.25, 0.3) is 5.91 Å². The Morgan fingerprint density at radius 2 is 2.06 bits per heavy atom. The van der Waals surface area contributed by atoms with Gasteiger partial charge in [-0.2, -0.15) is 0 Å². The Kier molecular flexibility index (Phi) is 5.40. The number of nitrogens with zero attached hydrogens (tertiary/aromatic N) is 3. The molecule has 0 aliphatic carbocycles. The summed E-state index contributed by atoms with van der Waals surface area (Å²) in [5.41, 5.74) is 3.95. The molecule has 0 saturated carbocycles. The average molecular weight is 487 g/mol. The lowest BCUT2D eigenvalue weighted by Crippen LogP contribution is -2.58. The standard InChI is InChI=1S/C27H26N4O3S/c1-29-24-19-4-2-3-5-23(19)34-27(20(24)15-28)9-11-31(12-10-27)26(32)21-16-35-25(30-21)18-6-7-22-17(14-18)8-13-33-22/h2-7,14-16,20,28H,8-13H2,1H3. The van der Waals surface area contributed by atoms with Gasteiger partial charge in [-0.25, -0.2) is 4.98 Å². The maximum absolute atomic E-state index is 13.3. The van der Waals surface area contributed by atoms with Crippen molar-refractivity contribution in [1.29, 1.82) is 5.41 Å². The molecule has 2 aromatic carbocycles. The molecule has 178 valence electrons. The molecule has 1 unspecified atom stereocenters. The van der Waals surface area contributed by atoms with Crippen LogP contribution in [0.4, 0.5) is 0 Å². The number of likely N-dealkylation sites (tertiary alicyclic amines) is 1. The van der Waals surface area contributed by atoms with Crippen LogP contribution in [0, 0.1) is 11.3 Å². The quantitative estimate of drug-likeness (QED) is 0.553. The van der Waals surface area contributed by atoms with E-state index in [0.29, 0.717) is 31.6 Å². The highest BCUT2D eigenvalue weighted by Crippen LogP contribution is 2.43. The van der Waals surface area contributed by atoms with Gasteiger partial charge in [0.15, 0.2) is 0 Å². The Balaban J connectivity index is 1.20. The summed E-state index contributed by atoms with van der Waals surface area (Å²) in [4.78, 5) is 24.4. The number of fused-ring (bicyclic) bond motifs is 2. The van der Waals surface area contributed by atoms with E-state index in [4.69, 9.17) is 14.9 Å². The topological polar surface area (TPSA) is 87.9 Å². The zero-order chi connectivity index (χ0) is 24.0. The average Bonchev–Trinajstić information content (AvgIpc) is 3.57. The van der Waals surface area contributed by atoms with Gasteiger partial charge in [0.2, 0.25) is 0 Å². The molecule has 1 aromatic heterocycles. The minimum atomic E-state index is -0.568. The molecule has 1 N–H and O–H groups in total. The molecule has 4 heterocycles. The van der Waals surface area contributed by atoms with Gasteiger partial charge in [-0.05, 0) is 35.9 Å². The molecule has 3 aromatic rings. The first-order valence-electron chi connectivity index (χ1n) is 11.9. The zero-order valence-corrected chi connectivity index (χ0v) is 20.3. The van der Waals surface area contributed by atoms with E-state index in [2.05, 4.69) is 16.0 Å². The van der Waals surface area contributed by atoms with Crippen LogP contribution in [0.5, 0.6) is 11.5 Å². The third-order valence-corrected chi connectivity index (χ3v) is 8.19. The molecule has 1 saturated heterocycles. The number of amides is 1. The highest BCUT2D eigenvalue weighted by molar-refractivity contribution is 7.13. The number of hydrogen-bond acceptors (Lipinski definition) is 7. The SMILES string of the molecule is CN=C1c2ccccc2OC2(CCN(C(=O)c3csc(-c4ccc5c(c4)CCO5)n3)CC2)C1C=N. The maximum Gasteiger partial charge on any atom is 0.273 e. The Morgan fingerprint density at radius 1 is 1.23 bits per heavy atom. The Morgan fingerprint density at radius 3 is 2.86 bits per heavy atom. The second-order valence-corrected chi connectivity index (χ2v) is 10.0. The molecule has 0 radical (unpaired) electrons. The fourth-order valence-corrected chi connectivity index (χ4v) is 6.24. The van der Waals surface area contributed by atoms with Crippen LogP contribution in [-0.4, -0.2) is 60.1 Å². The third-order valence-electron chi connectivity index (χ3n) is 7.30. The first-order chi connectivity index (χ1) is 17.1. The molecule has 1 atom stereocenters. The van der Waals surface area contributed by atoms with Crippen molar-refractivity contribution in [1.82, 2.24) is 9.88 Å². The molecule has 7 nitrogen and oxygen atoms in total. The summed E-state index contributed by atoms with van der Waals surface area (Å²) in [6.45, 7) is 1.81. The molecule has 8 heteroatoms. The van der Waals surface area contributed by atoms with Gasteiger partial charge in [0, 0.05) is 62.1 Å². The molecule has 0 bridgehead atoms. The minimum Gasteiger partial charge on any atom is -0.493 e. The van der Waals surface area contributed by atoms with Crippen LogP contribution in [0.1, 0.15) is 34.5 Å². The van der Waals surface area contributed by atoms with Crippen molar-refractivity contribution in [3.63, 3.8) is 0 Å². The molecular formula is C27H26N4O3S. The highest BCUT2D eigenvalue weighted by atomic mass is 32.1. The van der Waals surface area contributed by atoms with Crippen molar-refractivity contribution in [2.45, 2.75) is 24.9 Å². The van der Waals surface area contributed by atoms with Gasteiger partial charge in [-0.15, -0.1) is 11.3 Å². The van der Waals surface area contributed by atoms with Crippen LogP contribution < -0.4 is 9.47 Å². The van der Waals surface area contributed by atoms with Crippen LogP contribution >= 0.6 is 11.3 Å². The van der Waals surface area contributed by atoms with Gasteiger partial charge in [0.1, 0.15) is 27.8 Å². The summed E-state index contributed by atoms with van der Waals surface area (Å²) >= 11 is 1.49. The lowest BCUT2D eigenvalue weighted by Gasteiger charge is -2.48. The number of carbonyl (C=O) groups is 1. The number of ether oxygens (including phenoxy) is 2. The van der Waals surface area contributed by atoms with Crippen molar-refractivity contribution in [2.24, 2.45) is 10.9 Å². The van der Waals surface area contributed by atoms with Crippen molar-refractivity contribution in [2.75, 3.05) is 26.7 Å². The van der Waals surface area contributed by atoms with E-state index in [1.165, 1.54) is 23.1 Å². The predicted molar refractivity (Wildman–Crippen MR) is 136 cm³/mol. The largest absolute Gasteiger partial charge is 0.493 e. The van der Waals surface area contributed by atoms with E-state index in [0.717, 1.165) is 46.4 Å². The zero-order valence-electron chi connectivity index (χ0n) is 19.5. The van der Waals surface area contributed by atoms with E-state index in [9.17, 15) is 4.79 Å². The predicted octanol–water partition coefficient (Wildman–Crippen LogP) is 4.50. The number of thiazole rings is 1. The molecule has 3 aliphatic rings. The number of aromatic nitrogens is 1. The summed E-state index contributed by atoms with van der Waals surface area (Å²) in [6.07, 6.45) is 3.62. The van der Waals surface area contributed by atoms with E-state index >= 15 is 0 Å². The number of benzene rings is 2. The molecule has 35 heavy (non-hydrogen) atoms. The highest BCUT2D eigenvalue weighted by Gasteiger charge is 2.49. The van der Waals surface area contributed by atoms with E-state index in [-0.39, 0.29) is 11.8 Å². The summed E-state index contributed by atoms with van der Waals surface area (Å²) in [6, 6.07) is 14.0. The Bertz CT molecular complexity index is 1340. The number of piperidine rings is 1. The van der Waals surface area contributed by atoms with E-state index < -0.39 is 5.60 Å². The lowest BCUT2D eigenvalue weighted by molar-refractivity contribution is -0.00874. The summed E-state index contributed by atoms with van der Waals surface area (Å²) < 4.78 is 12.1. The number of aliphatic imine (C=N–C) groups is 1. The molecule has 6 rings (SSSR count). The third kappa shape index (κ3) is 3.63. The fourth-order valence-electron chi connectivity index (χ4n) is 5.44. The van der Waals surface area contributed by atoms with Gasteiger partial charge in [-0.3, -0.25) is 9.79 Å². The summed E-state index contributed by atoms with van der Waals surface area (Å²) in [5, 5.41) is 10.8. The first kappa shape index (κ1) is 22.0. The number of rotatable bonds is 3. The summed E-state index contributed by atoms with van der Waals surface area (Å²) in [7, 11) is 1.77. The van der Waals surface area contributed by atoms with Crippen LogP contribution in [0.3, 0.4) is 0 Å². The number of nitrogens with one attached hydrogen (secondary N) is 1. The normalized spacial score (nSPS) is 21.2. The molecule has 1 fully saturated rings. The molecule has 1 amide bonds. The van der Waals surface area contributed by atoms with E-state index in [1.807, 2.05) is 46.7 Å². The van der Waals surface area contributed by atoms with Crippen molar-refractivity contribution < 1.29 is 14.3 Å². The van der Waals surface area contributed by atoms with E-state index in [1.54, 1.807) is 7.05 Å². The first-order valence-corrected chi connectivity index (χ1v) is 12.8. The van der Waals surface area contributed by atoms with Crippen LogP contribution in [0.15, 0.2) is 52.8 Å². The molecule has 1 spiro atoms. The van der Waals surface area contributed by atoms with Crippen LogP contribution in [-0.2, 0) is 6.42 Å². The number of carbonyl (C=O) groups excluding carboxylic acids is 1. The van der Waals surface area contributed by atoms with Crippen molar-refractivity contribution >= 4 is 29.2 Å². The van der Waals surface area contributed by atoms with Crippen molar-refractivity contribution in [3.05, 3.63) is 64.7 Å². The maximum atomic E-state index is 13.3. The summed E-state index contributed by atoms with van der Waals surface area (Å²) in [5.74, 6) is 1.44. The number of para-hydroxylation sites is 1.